The Balaban J connectivity index is 1.42. The smallest absolute Gasteiger partial charge is 0.231 e. The lowest BCUT2D eigenvalue weighted by Gasteiger charge is -2.09. The fraction of sp³-hybridized carbons (Fsp3) is 0.148. The SMILES string of the molecule is CCn1cc(/C=C2\Oc3cc(OCc4c(F)cccc4Cl)ccc3C2=O)c2cc(OC)ccc21. The zero-order chi connectivity index (χ0) is 23.8. The number of rotatable bonds is 6. The molecule has 34 heavy (non-hydrogen) atoms. The van der Waals surface area contributed by atoms with Gasteiger partial charge < -0.3 is 18.8 Å². The summed E-state index contributed by atoms with van der Waals surface area (Å²) in [5.41, 5.74) is 2.61. The zero-order valence-corrected chi connectivity index (χ0v) is 19.4. The molecule has 0 N–H and O–H groups in total. The van der Waals surface area contributed by atoms with E-state index in [1.807, 2.05) is 24.4 Å². The van der Waals surface area contributed by atoms with E-state index in [4.69, 9.17) is 25.8 Å². The van der Waals surface area contributed by atoms with Crippen LogP contribution in [-0.4, -0.2) is 17.5 Å². The molecule has 0 aliphatic carbocycles. The van der Waals surface area contributed by atoms with E-state index < -0.39 is 5.82 Å². The number of carbonyl (C=O) groups is 1. The number of benzene rings is 3. The highest BCUT2D eigenvalue weighted by molar-refractivity contribution is 6.31. The molecule has 0 fully saturated rings. The van der Waals surface area contributed by atoms with E-state index in [2.05, 4.69) is 11.5 Å². The van der Waals surface area contributed by atoms with Crippen LogP contribution >= 0.6 is 11.6 Å². The third-order valence-corrected chi connectivity index (χ3v) is 6.19. The number of hydrogen-bond acceptors (Lipinski definition) is 4. The molecular formula is C27H21ClFNO4. The van der Waals surface area contributed by atoms with Crippen LogP contribution in [0.3, 0.4) is 0 Å². The lowest BCUT2D eigenvalue weighted by atomic mass is 10.1. The van der Waals surface area contributed by atoms with Crippen LogP contribution in [0.15, 0.2) is 66.6 Å². The Morgan fingerprint density at radius 1 is 1.12 bits per heavy atom. The van der Waals surface area contributed by atoms with Crippen molar-refractivity contribution in [2.24, 2.45) is 0 Å². The second-order valence-electron chi connectivity index (χ2n) is 7.84. The molecule has 0 saturated carbocycles. The van der Waals surface area contributed by atoms with Gasteiger partial charge in [-0.2, -0.15) is 0 Å². The fourth-order valence-corrected chi connectivity index (χ4v) is 4.25. The molecule has 4 aromatic rings. The highest BCUT2D eigenvalue weighted by Gasteiger charge is 2.28. The molecule has 0 radical (unpaired) electrons. The molecule has 1 aliphatic heterocycles. The van der Waals surface area contributed by atoms with Gasteiger partial charge in [-0.15, -0.1) is 0 Å². The standard InChI is InChI=1S/C27H21ClFNO4/c1-3-30-14-16(20-12-17(32-2)8-10-24(20)30)11-26-27(31)19-9-7-18(13-25(19)34-26)33-15-21-22(28)5-4-6-23(21)29/h4-14H,3,15H2,1-2H3/b26-11-. The minimum Gasteiger partial charge on any atom is -0.497 e. The Kier molecular flexibility index (Phi) is 5.75. The van der Waals surface area contributed by atoms with Gasteiger partial charge in [0.1, 0.15) is 29.7 Å². The first-order valence-corrected chi connectivity index (χ1v) is 11.2. The second-order valence-corrected chi connectivity index (χ2v) is 8.25. The van der Waals surface area contributed by atoms with Crippen molar-refractivity contribution in [2.75, 3.05) is 7.11 Å². The fourth-order valence-electron chi connectivity index (χ4n) is 4.03. The van der Waals surface area contributed by atoms with Crippen molar-refractivity contribution in [1.29, 1.82) is 0 Å². The summed E-state index contributed by atoms with van der Waals surface area (Å²) >= 11 is 6.07. The summed E-state index contributed by atoms with van der Waals surface area (Å²) in [6.45, 7) is 2.80. The quantitative estimate of drug-likeness (QED) is 0.291. The molecular weight excluding hydrogens is 457 g/mol. The third-order valence-electron chi connectivity index (χ3n) is 5.83. The average molecular weight is 478 g/mol. The number of hydrogen-bond donors (Lipinski definition) is 0. The number of ketones is 1. The van der Waals surface area contributed by atoms with E-state index >= 15 is 0 Å². The topological polar surface area (TPSA) is 49.7 Å². The lowest BCUT2D eigenvalue weighted by molar-refractivity contribution is 0.101. The van der Waals surface area contributed by atoms with Gasteiger partial charge >= 0.3 is 0 Å². The van der Waals surface area contributed by atoms with Gasteiger partial charge in [0.2, 0.25) is 5.78 Å². The summed E-state index contributed by atoms with van der Waals surface area (Å²) in [6.07, 6.45) is 3.74. The van der Waals surface area contributed by atoms with E-state index in [-0.39, 0.29) is 23.7 Å². The monoisotopic (exact) mass is 477 g/mol. The van der Waals surface area contributed by atoms with Crippen LogP contribution in [0.5, 0.6) is 17.2 Å². The first kappa shape index (κ1) is 22.0. The Bertz CT molecular complexity index is 1440. The van der Waals surface area contributed by atoms with Crippen molar-refractivity contribution in [3.05, 3.63) is 94.1 Å². The van der Waals surface area contributed by atoms with Gasteiger partial charge in [-0.1, -0.05) is 17.7 Å². The normalized spacial score (nSPS) is 13.9. The van der Waals surface area contributed by atoms with Crippen LogP contribution in [0.4, 0.5) is 4.39 Å². The summed E-state index contributed by atoms with van der Waals surface area (Å²) in [5.74, 6) is 1.15. The van der Waals surface area contributed by atoms with Gasteiger partial charge in [0.15, 0.2) is 5.76 Å². The van der Waals surface area contributed by atoms with Crippen LogP contribution in [0, 0.1) is 5.82 Å². The molecule has 0 amide bonds. The summed E-state index contributed by atoms with van der Waals surface area (Å²) in [5, 5.41) is 1.26. The second kappa shape index (κ2) is 8.88. The number of Topliss-reactive ketones (excluding diaryl/α,β-unsaturated/α-hetero) is 1. The molecule has 172 valence electrons. The summed E-state index contributed by atoms with van der Waals surface area (Å²) in [4.78, 5) is 13.0. The van der Waals surface area contributed by atoms with Crippen molar-refractivity contribution >= 4 is 34.4 Å². The number of methoxy groups -OCH3 is 1. The molecule has 5 rings (SSSR count). The van der Waals surface area contributed by atoms with E-state index in [0.717, 1.165) is 28.8 Å². The minimum atomic E-state index is -0.437. The molecule has 1 aliphatic rings. The van der Waals surface area contributed by atoms with Crippen LogP contribution in [-0.2, 0) is 13.2 Å². The van der Waals surface area contributed by atoms with Gasteiger partial charge in [-0.3, -0.25) is 4.79 Å². The number of halogens is 2. The number of nitrogens with zero attached hydrogens (tertiary/aromatic N) is 1. The first-order chi connectivity index (χ1) is 16.5. The molecule has 5 nitrogen and oxygen atoms in total. The van der Waals surface area contributed by atoms with Crippen LogP contribution < -0.4 is 14.2 Å². The molecule has 0 spiro atoms. The molecule has 1 aromatic heterocycles. The number of carbonyl (C=O) groups excluding carboxylic acids is 1. The molecule has 7 heteroatoms. The van der Waals surface area contributed by atoms with E-state index in [9.17, 15) is 9.18 Å². The largest absolute Gasteiger partial charge is 0.497 e. The number of allylic oxidation sites excluding steroid dienone is 1. The lowest BCUT2D eigenvalue weighted by Crippen LogP contribution is -1.99. The van der Waals surface area contributed by atoms with Crippen molar-refractivity contribution in [3.8, 4) is 17.2 Å². The number of ether oxygens (including phenoxy) is 3. The Labute approximate surface area is 200 Å². The zero-order valence-electron chi connectivity index (χ0n) is 18.6. The van der Waals surface area contributed by atoms with Crippen molar-refractivity contribution in [3.63, 3.8) is 0 Å². The Morgan fingerprint density at radius 2 is 1.94 bits per heavy atom. The van der Waals surface area contributed by atoms with Gasteiger partial charge in [-0.05, 0) is 55.5 Å². The molecule has 0 unspecified atom stereocenters. The summed E-state index contributed by atoms with van der Waals surface area (Å²) in [6, 6.07) is 15.3. The van der Waals surface area contributed by atoms with Gasteiger partial charge in [0, 0.05) is 40.8 Å². The van der Waals surface area contributed by atoms with Crippen LogP contribution in [0.1, 0.15) is 28.4 Å². The van der Waals surface area contributed by atoms with E-state index in [1.165, 1.54) is 12.1 Å². The summed E-state index contributed by atoms with van der Waals surface area (Å²) in [7, 11) is 1.62. The van der Waals surface area contributed by atoms with Gasteiger partial charge in [0.05, 0.1) is 17.7 Å². The maximum Gasteiger partial charge on any atom is 0.231 e. The Morgan fingerprint density at radius 3 is 2.71 bits per heavy atom. The van der Waals surface area contributed by atoms with Gasteiger partial charge in [-0.25, -0.2) is 4.39 Å². The highest BCUT2D eigenvalue weighted by atomic mass is 35.5. The molecule has 0 atom stereocenters. The molecule has 2 heterocycles. The number of aryl methyl sites for hydroxylation is 1. The van der Waals surface area contributed by atoms with Crippen LogP contribution in [0.2, 0.25) is 5.02 Å². The minimum absolute atomic E-state index is 0.0424. The predicted molar refractivity (Wildman–Crippen MR) is 129 cm³/mol. The van der Waals surface area contributed by atoms with Gasteiger partial charge in [0.25, 0.3) is 0 Å². The summed E-state index contributed by atoms with van der Waals surface area (Å²) < 4.78 is 33.1. The van der Waals surface area contributed by atoms with Crippen molar-refractivity contribution in [1.82, 2.24) is 4.57 Å². The Hall–Kier alpha value is -3.77. The van der Waals surface area contributed by atoms with Crippen LogP contribution in [0.25, 0.3) is 17.0 Å². The van der Waals surface area contributed by atoms with E-state index in [1.54, 1.807) is 37.5 Å². The molecule has 0 saturated heterocycles. The average Bonchev–Trinajstić information content (AvgIpc) is 3.35. The first-order valence-electron chi connectivity index (χ1n) is 10.8. The van der Waals surface area contributed by atoms with Crippen molar-refractivity contribution < 1.29 is 23.4 Å². The maximum absolute atomic E-state index is 14.0. The highest BCUT2D eigenvalue weighted by Crippen LogP contribution is 2.36. The predicted octanol–water partition coefficient (Wildman–Crippen LogP) is 6.66. The molecule has 3 aromatic carbocycles. The third kappa shape index (κ3) is 3.90. The van der Waals surface area contributed by atoms with Crippen molar-refractivity contribution in [2.45, 2.75) is 20.1 Å². The number of aromatic nitrogens is 1. The molecule has 0 bridgehead atoms. The van der Waals surface area contributed by atoms with E-state index in [0.29, 0.717) is 22.1 Å². The number of fused-ring (bicyclic) bond motifs is 2. The maximum atomic E-state index is 14.0.